The van der Waals surface area contributed by atoms with Gasteiger partial charge in [-0.2, -0.15) is 0 Å². The Balaban J connectivity index is 2.22. The number of hydrogen-bond donors (Lipinski definition) is 0. The smallest absolute Gasteiger partial charge is 0.347 e. The Morgan fingerprint density at radius 1 is 1.64 bits per heavy atom. The van der Waals surface area contributed by atoms with Crippen molar-refractivity contribution >= 4 is 17.6 Å². The van der Waals surface area contributed by atoms with Gasteiger partial charge in [-0.15, -0.1) is 0 Å². The lowest BCUT2D eigenvalue weighted by atomic mass is 10.1. The van der Waals surface area contributed by atoms with Crippen molar-refractivity contribution in [3.8, 4) is 5.75 Å². The normalized spacial score (nSPS) is 18.6. The number of hydrogen-bond acceptors (Lipinski definition) is 3. The van der Waals surface area contributed by atoms with E-state index in [1.54, 1.807) is 18.2 Å². The number of ether oxygens (including phenoxy) is 2. The number of methoxy groups -OCH3 is 1. The number of halogens is 1. The maximum atomic E-state index is 11.2. The lowest BCUT2D eigenvalue weighted by Crippen LogP contribution is -2.26. The third-order valence-electron chi connectivity index (χ3n) is 2.16. The van der Waals surface area contributed by atoms with Gasteiger partial charge < -0.3 is 9.47 Å². The zero-order valence-electron chi connectivity index (χ0n) is 7.62. The molecule has 0 aliphatic carbocycles. The van der Waals surface area contributed by atoms with Crippen LogP contribution in [0.25, 0.3) is 0 Å². The summed E-state index contributed by atoms with van der Waals surface area (Å²) in [4.78, 5) is 11.2. The standard InChI is InChI=1S/C10H9ClO3/c1-13-10(12)9-5-6-4-7(11)2-3-8(6)14-9/h2-4,9H,5H2,1H3/t9-/m1/s1. The van der Waals surface area contributed by atoms with E-state index in [1.807, 2.05) is 0 Å². The highest BCUT2D eigenvalue weighted by Gasteiger charge is 2.29. The first-order valence-corrected chi connectivity index (χ1v) is 4.61. The molecule has 0 fully saturated rings. The fourth-order valence-corrected chi connectivity index (χ4v) is 1.67. The summed E-state index contributed by atoms with van der Waals surface area (Å²) in [6.45, 7) is 0. The summed E-state index contributed by atoms with van der Waals surface area (Å²) in [6, 6.07) is 5.31. The second-order valence-electron chi connectivity index (χ2n) is 3.09. The number of fused-ring (bicyclic) bond motifs is 1. The fraction of sp³-hybridized carbons (Fsp3) is 0.300. The largest absolute Gasteiger partial charge is 0.478 e. The first-order valence-electron chi connectivity index (χ1n) is 4.23. The van der Waals surface area contributed by atoms with Crippen LogP contribution in [0.5, 0.6) is 5.75 Å². The van der Waals surface area contributed by atoms with Gasteiger partial charge in [-0.25, -0.2) is 4.79 Å². The van der Waals surface area contributed by atoms with Gasteiger partial charge in [0.1, 0.15) is 5.75 Å². The number of carbonyl (C=O) groups excluding carboxylic acids is 1. The molecule has 1 heterocycles. The zero-order chi connectivity index (χ0) is 10.1. The van der Waals surface area contributed by atoms with Gasteiger partial charge in [-0.3, -0.25) is 0 Å². The van der Waals surface area contributed by atoms with Crippen LogP contribution in [0.3, 0.4) is 0 Å². The van der Waals surface area contributed by atoms with Crippen molar-refractivity contribution in [3.63, 3.8) is 0 Å². The zero-order valence-corrected chi connectivity index (χ0v) is 8.38. The van der Waals surface area contributed by atoms with E-state index in [2.05, 4.69) is 4.74 Å². The maximum Gasteiger partial charge on any atom is 0.347 e. The molecule has 1 aliphatic rings. The van der Waals surface area contributed by atoms with Crippen LogP contribution >= 0.6 is 11.6 Å². The van der Waals surface area contributed by atoms with Crippen LogP contribution in [0.4, 0.5) is 0 Å². The summed E-state index contributed by atoms with van der Waals surface area (Å²) in [7, 11) is 1.35. The number of esters is 1. The monoisotopic (exact) mass is 212 g/mol. The molecule has 0 saturated heterocycles. The Morgan fingerprint density at radius 3 is 3.14 bits per heavy atom. The van der Waals surface area contributed by atoms with Crippen molar-refractivity contribution in [2.24, 2.45) is 0 Å². The van der Waals surface area contributed by atoms with E-state index in [1.165, 1.54) is 7.11 Å². The lowest BCUT2D eigenvalue weighted by molar-refractivity contribution is -0.147. The summed E-state index contributed by atoms with van der Waals surface area (Å²) >= 11 is 5.81. The van der Waals surface area contributed by atoms with Crippen molar-refractivity contribution < 1.29 is 14.3 Å². The van der Waals surface area contributed by atoms with Crippen LogP contribution in [-0.2, 0) is 16.0 Å². The van der Waals surface area contributed by atoms with Gasteiger partial charge in [-0.05, 0) is 23.8 Å². The van der Waals surface area contributed by atoms with E-state index in [-0.39, 0.29) is 5.97 Å². The molecule has 0 amide bonds. The molecule has 0 saturated carbocycles. The van der Waals surface area contributed by atoms with E-state index >= 15 is 0 Å². The van der Waals surface area contributed by atoms with Crippen LogP contribution < -0.4 is 4.74 Å². The third-order valence-corrected chi connectivity index (χ3v) is 2.40. The SMILES string of the molecule is COC(=O)[C@H]1Cc2cc(Cl)ccc2O1. The van der Waals surface area contributed by atoms with Crippen molar-refractivity contribution in [1.82, 2.24) is 0 Å². The second kappa shape index (κ2) is 3.50. The molecule has 1 aromatic rings. The quantitative estimate of drug-likeness (QED) is 0.667. The summed E-state index contributed by atoms with van der Waals surface area (Å²) in [5.41, 5.74) is 0.952. The molecule has 14 heavy (non-hydrogen) atoms. The minimum Gasteiger partial charge on any atom is -0.478 e. The van der Waals surface area contributed by atoms with Crippen molar-refractivity contribution in [3.05, 3.63) is 28.8 Å². The van der Waals surface area contributed by atoms with Gasteiger partial charge in [0.2, 0.25) is 0 Å². The van der Waals surface area contributed by atoms with E-state index in [9.17, 15) is 4.79 Å². The molecular formula is C10H9ClO3. The number of carbonyl (C=O) groups is 1. The molecule has 0 radical (unpaired) electrons. The van der Waals surface area contributed by atoms with E-state index in [4.69, 9.17) is 16.3 Å². The van der Waals surface area contributed by atoms with Crippen molar-refractivity contribution in [2.45, 2.75) is 12.5 Å². The van der Waals surface area contributed by atoms with Crippen LogP contribution in [0, 0.1) is 0 Å². The van der Waals surface area contributed by atoms with Gasteiger partial charge in [0.05, 0.1) is 7.11 Å². The second-order valence-corrected chi connectivity index (χ2v) is 3.52. The minimum atomic E-state index is -0.520. The third kappa shape index (κ3) is 1.55. The Hall–Kier alpha value is -1.22. The molecule has 2 rings (SSSR count). The van der Waals surface area contributed by atoms with Crippen molar-refractivity contribution in [2.75, 3.05) is 7.11 Å². The van der Waals surface area contributed by atoms with Gasteiger partial charge in [0.15, 0.2) is 6.10 Å². The van der Waals surface area contributed by atoms with Crippen LogP contribution in [0.2, 0.25) is 5.02 Å². The fourth-order valence-electron chi connectivity index (χ4n) is 1.48. The molecule has 74 valence electrons. The molecular weight excluding hydrogens is 204 g/mol. The molecule has 0 aromatic heterocycles. The number of benzene rings is 1. The van der Waals surface area contributed by atoms with Gasteiger partial charge in [0, 0.05) is 11.4 Å². The molecule has 0 N–H and O–H groups in total. The van der Waals surface area contributed by atoms with Gasteiger partial charge >= 0.3 is 5.97 Å². The molecule has 1 atom stereocenters. The predicted octanol–water partition coefficient (Wildman–Crippen LogP) is 1.82. The van der Waals surface area contributed by atoms with Crippen LogP contribution in [0.1, 0.15) is 5.56 Å². The molecule has 1 aliphatic heterocycles. The molecule has 0 bridgehead atoms. The van der Waals surface area contributed by atoms with Gasteiger partial charge in [-0.1, -0.05) is 11.6 Å². The lowest BCUT2D eigenvalue weighted by Gasteiger charge is -2.06. The van der Waals surface area contributed by atoms with Gasteiger partial charge in [0.25, 0.3) is 0 Å². The van der Waals surface area contributed by atoms with Crippen molar-refractivity contribution in [1.29, 1.82) is 0 Å². The summed E-state index contributed by atoms with van der Waals surface area (Å²) < 4.78 is 9.98. The predicted molar refractivity (Wildman–Crippen MR) is 51.6 cm³/mol. The van der Waals surface area contributed by atoms with E-state index < -0.39 is 6.10 Å². The molecule has 3 nitrogen and oxygen atoms in total. The highest BCUT2D eigenvalue weighted by Crippen LogP contribution is 2.31. The average Bonchev–Trinajstić information content (AvgIpc) is 2.59. The highest BCUT2D eigenvalue weighted by atomic mass is 35.5. The van der Waals surface area contributed by atoms with E-state index in [0.717, 1.165) is 5.56 Å². The molecule has 1 aromatic carbocycles. The number of rotatable bonds is 1. The first kappa shape index (κ1) is 9.34. The maximum absolute atomic E-state index is 11.2. The highest BCUT2D eigenvalue weighted by molar-refractivity contribution is 6.30. The Bertz CT molecular complexity index is 376. The molecule has 0 unspecified atom stereocenters. The Kier molecular flexibility index (Phi) is 2.33. The Morgan fingerprint density at radius 2 is 2.43 bits per heavy atom. The molecule has 4 heteroatoms. The summed E-state index contributed by atoms with van der Waals surface area (Å²) in [6.07, 6.45) is 0.0104. The summed E-state index contributed by atoms with van der Waals surface area (Å²) in [5, 5.41) is 0.651. The molecule has 0 spiro atoms. The Labute approximate surface area is 86.6 Å². The van der Waals surface area contributed by atoms with E-state index in [0.29, 0.717) is 17.2 Å². The first-order chi connectivity index (χ1) is 6.70. The topological polar surface area (TPSA) is 35.5 Å². The summed E-state index contributed by atoms with van der Waals surface area (Å²) in [5.74, 6) is 0.363. The average molecular weight is 213 g/mol. The minimum absolute atomic E-state index is 0.350. The van der Waals surface area contributed by atoms with Crippen LogP contribution in [-0.4, -0.2) is 19.2 Å². The van der Waals surface area contributed by atoms with Crippen LogP contribution in [0.15, 0.2) is 18.2 Å².